The number of aliphatic imine (C=N–C) groups is 1. The van der Waals surface area contributed by atoms with E-state index in [-0.39, 0.29) is 24.0 Å². The maximum atomic E-state index is 5.62. The minimum atomic E-state index is 0. The van der Waals surface area contributed by atoms with E-state index >= 15 is 0 Å². The fourth-order valence-electron chi connectivity index (χ4n) is 3.31. The molecule has 128 valence electrons. The maximum absolute atomic E-state index is 5.62. The molecule has 4 nitrogen and oxygen atoms in total. The van der Waals surface area contributed by atoms with Gasteiger partial charge in [0.2, 0.25) is 0 Å². The van der Waals surface area contributed by atoms with Gasteiger partial charge in [0.1, 0.15) is 0 Å². The van der Waals surface area contributed by atoms with E-state index in [4.69, 9.17) is 9.73 Å². The highest BCUT2D eigenvalue weighted by Crippen LogP contribution is 2.38. The Balaban J connectivity index is 0.00000192. The Labute approximate surface area is 164 Å². The standard InChI is InChI=1S/C17H24BrN3O.HI/c1-2-19-16(20-11-14-4-3-5-15(18)10-14)21-8-6-17(12-21)7-9-22-13-17;/h3-5,10H,2,6-9,11-13H2,1H3,(H,19,20);1H. The molecule has 2 heterocycles. The van der Waals surface area contributed by atoms with Crippen LogP contribution in [0.4, 0.5) is 0 Å². The van der Waals surface area contributed by atoms with Crippen molar-refractivity contribution in [2.24, 2.45) is 10.4 Å². The van der Waals surface area contributed by atoms with Gasteiger partial charge in [0.15, 0.2) is 5.96 Å². The average Bonchev–Trinajstić information content (AvgIpc) is 3.14. The lowest BCUT2D eigenvalue weighted by Gasteiger charge is -2.25. The summed E-state index contributed by atoms with van der Waals surface area (Å²) in [6, 6.07) is 8.35. The summed E-state index contributed by atoms with van der Waals surface area (Å²) >= 11 is 3.52. The molecule has 2 saturated heterocycles. The van der Waals surface area contributed by atoms with Crippen LogP contribution in [0.1, 0.15) is 25.3 Å². The van der Waals surface area contributed by atoms with Gasteiger partial charge >= 0.3 is 0 Å². The van der Waals surface area contributed by atoms with Crippen LogP contribution in [-0.4, -0.2) is 43.7 Å². The lowest BCUT2D eigenvalue weighted by atomic mass is 9.87. The Morgan fingerprint density at radius 3 is 3.00 bits per heavy atom. The number of hydrogen-bond acceptors (Lipinski definition) is 2. The highest BCUT2D eigenvalue weighted by Gasteiger charge is 2.42. The van der Waals surface area contributed by atoms with E-state index in [1.165, 1.54) is 18.4 Å². The monoisotopic (exact) mass is 493 g/mol. The van der Waals surface area contributed by atoms with Gasteiger partial charge in [-0.05, 0) is 37.5 Å². The van der Waals surface area contributed by atoms with Crippen molar-refractivity contribution in [3.63, 3.8) is 0 Å². The Morgan fingerprint density at radius 1 is 1.43 bits per heavy atom. The molecule has 3 rings (SSSR count). The van der Waals surface area contributed by atoms with Gasteiger partial charge in [-0.2, -0.15) is 0 Å². The van der Waals surface area contributed by atoms with Crippen LogP contribution in [0.2, 0.25) is 0 Å². The second-order valence-corrected chi connectivity index (χ2v) is 7.19. The Bertz CT molecular complexity index is 546. The molecule has 1 spiro atoms. The SMILES string of the molecule is CCNC(=NCc1cccc(Br)c1)N1CCC2(CCOC2)C1.I. The number of nitrogens with zero attached hydrogens (tertiary/aromatic N) is 2. The van der Waals surface area contributed by atoms with Crippen molar-refractivity contribution in [1.29, 1.82) is 0 Å². The van der Waals surface area contributed by atoms with Crippen LogP contribution in [0.15, 0.2) is 33.7 Å². The van der Waals surface area contributed by atoms with Crippen molar-refractivity contribution in [2.45, 2.75) is 26.3 Å². The van der Waals surface area contributed by atoms with Crippen LogP contribution in [0.5, 0.6) is 0 Å². The number of rotatable bonds is 3. The molecule has 0 aromatic heterocycles. The molecule has 1 aromatic carbocycles. The highest BCUT2D eigenvalue weighted by atomic mass is 127. The first kappa shape index (κ1) is 19.0. The topological polar surface area (TPSA) is 36.9 Å². The predicted molar refractivity (Wildman–Crippen MR) is 108 cm³/mol. The van der Waals surface area contributed by atoms with Gasteiger partial charge in [0.05, 0.1) is 13.2 Å². The number of nitrogens with one attached hydrogen (secondary N) is 1. The van der Waals surface area contributed by atoms with E-state index in [1.54, 1.807) is 0 Å². The van der Waals surface area contributed by atoms with Crippen LogP contribution < -0.4 is 5.32 Å². The first-order valence-electron chi connectivity index (χ1n) is 8.06. The highest BCUT2D eigenvalue weighted by molar-refractivity contribution is 14.0. The molecule has 1 atom stereocenters. The molecule has 1 aromatic rings. The summed E-state index contributed by atoms with van der Waals surface area (Å²) < 4.78 is 6.73. The van der Waals surface area contributed by atoms with Gasteiger partial charge in [0, 0.05) is 36.1 Å². The largest absolute Gasteiger partial charge is 0.381 e. The van der Waals surface area contributed by atoms with Crippen molar-refractivity contribution in [3.05, 3.63) is 34.3 Å². The average molecular weight is 494 g/mol. The molecule has 2 fully saturated rings. The fraction of sp³-hybridized carbons (Fsp3) is 0.588. The quantitative estimate of drug-likeness (QED) is 0.396. The van der Waals surface area contributed by atoms with Crippen molar-refractivity contribution in [3.8, 4) is 0 Å². The van der Waals surface area contributed by atoms with Crippen LogP contribution in [0, 0.1) is 5.41 Å². The molecule has 0 aliphatic carbocycles. The van der Waals surface area contributed by atoms with Crippen LogP contribution in [-0.2, 0) is 11.3 Å². The van der Waals surface area contributed by atoms with Gasteiger partial charge in [-0.3, -0.25) is 0 Å². The van der Waals surface area contributed by atoms with Crippen molar-refractivity contribution in [1.82, 2.24) is 10.2 Å². The Hall–Kier alpha value is -0.340. The van der Waals surface area contributed by atoms with E-state index in [0.717, 1.165) is 43.3 Å². The molecule has 2 aliphatic rings. The zero-order chi connectivity index (χ0) is 15.4. The summed E-state index contributed by atoms with van der Waals surface area (Å²) in [6.45, 7) is 7.71. The zero-order valence-corrected chi connectivity index (χ0v) is 17.5. The third kappa shape index (κ3) is 4.82. The third-order valence-electron chi connectivity index (χ3n) is 4.56. The Morgan fingerprint density at radius 2 is 2.30 bits per heavy atom. The van der Waals surface area contributed by atoms with Crippen molar-refractivity contribution >= 4 is 45.9 Å². The van der Waals surface area contributed by atoms with Gasteiger partial charge < -0.3 is 15.0 Å². The molecule has 6 heteroatoms. The molecule has 2 aliphatic heterocycles. The lowest BCUT2D eigenvalue weighted by Crippen LogP contribution is -2.41. The summed E-state index contributed by atoms with van der Waals surface area (Å²) in [5.41, 5.74) is 1.59. The van der Waals surface area contributed by atoms with E-state index in [2.05, 4.69) is 51.3 Å². The summed E-state index contributed by atoms with van der Waals surface area (Å²) in [5.74, 6) is 1.03. The predicted octanol–water partition coefficient (Wildman–Crippen LogP) is 3.65. The lowest BCUT2D eigenvalue weighted by molar-refractivity contribution is 0.156. The number of hydrogen-bond donors (Lipinski definition) is 1. The summed E-state index contributed by atoms with van der Waals surface area (Å²) in [7, 11) is 0. The molecule has 1 unspecified atom stereocenters. The Kier molecular flexibility index (Phi) is 7.16. The van der Waals surface area contributed by atoms with Crippen LogP contribution in [0.25, 0.3) is 0 Å². The van der Waals surface area contributed by atoms with Crippen LogP contribution >= 0.6 is 39.9 Å². The minimum absolute atomic E-state index is 0. The van der Waals surface area contributed by atoms with Gasteiger partial charge in [-0.15, -0.1) is 24.0 Å². The second kappa shape index (κ2) is 8.67. The van der Waals surface area contributed by atoms with Crippen molar-refractivity contribution < 1.29 is 4.74 Å². The molecule has 0 amide bonds. The first-order chi connectivity index (χ1) is 10.7. The number of likely N-dealkylation sites (tertiary alicyclic amines) is 1. The molecular weight excluding hydrogens is 469 g/mol. The van der Waals surface area contributed by atoms with Crippen LogP contribution in [0.3, 0.4) is 0 Å². The summed E-state index contributed by atoms with van der Waals surface area (Å²) in [5, 5.41) is 3.44. The second-order valence-electron chi connectivity index (χ2n) is 6.27. The number of benzene rings is 1. The van der Waals surface area contributed by atoms with Gasteiger partial charge in [-0.1, -0.05) is 28.1 Å². The number of halogens is 2. The first-order valence-corrected chi connectivity index (χ1v) is 8.86. The van der Waals surface area contributed by atoms with E-state index < -0.39 is 0 Å². The molecule has 1 N–H and O–H groups in total. The third-order valence-corrected chi connectivity index (χ3v) is 5.05. The summed E-state index contributed by atoms with van der Waals surface area (Å²) in [6.07, 6.45) is 2.41. The zero-order valence-electron chi connectivity index (χ0n) is 13.6. The van der Waals surface area contributed by atoms with Gasteiger partial charge in [0.25, 0.3) is 0 Å². The van der Waals surface area contributed by atoms with E-state index in [9.17, 15) is 0 Å². The molecular formula is C17H25BrIN3O. The summed E-state index contributed by atoms with van der Waals surface area (Å²) in [4.78, 5) is 7.23. The van der Waals surface area contributed by atoms with Gasteiger partial charge in [-0.25, -0.2) is 4.99 Å². The molecule has 23 heavy (non-hydrogen) atoms. The molecule has 0 saturated carbocycles. The number of guanidine groups is 1. The fourth-order valence-corrected chi connectivity index (χ4v) is 3.76. The molecule has 0 radical (unpaired) electrons. The number of ether oxygens (including phenoxy) is 1. The minimum Gasteiger partial charge on any atom is -0.381 e. The van der Waals surface area contributed by atoms with E-state index in [0.29, 0.717) is 12.0 Å². The maximum Gasteiger partial charge on any atom is 0.194 e. The normalized spacial score (nSPS) is 24.1. The smallest absolute Gasteiger partial charge is 0.194 e. The molecule has 0 bridgehead atoms. The van der Waals surface area contributed by atoms with E-state index in [1.807, 2.05) is 6.07 Å². The van der Waals surface area contributed by atoms with Crippen molar-refractivity contribution in [2.75, 3.05) is 32.8 Å².